The van der Waals surface area contributed by atoms with Crippen molar-refractivity contribution in [3.63, 3.8) is 0 Å². The largest absolute Gasteiger partial charge is 0.289 e. The quantitative estimate of drug-likeness (QED) is 0.352. The van der Waals surface area contributed by atoms with Gasteiger partial charge in [0.25, 0.3) is 5.91 Å². The maximum atomic E-state index is 11.3. The summed E-state index contributed by atoms with van der Waals surface area (Å²) >= 11 is 3.27. The van der Waals surface area contributed by atoms with Gasteiger partial charge in [0.15, 0.2) is 0 Å². The Morgan fingerprint density at radius 2 is 2.50 bits per heavy atom. The molecule has 0 bridgehead atoms. The minimum Gasteiger partial charge on any atom is -0.289 e. The number of hydrazine groups is 1. The summed E-state index contributed by atoms with van der Waals surface area (Å²) in [7, 11) is 0. The number of hydrogen-bond acceptors (Lipinski definition) is 4. The van der Waals surface area contributed by atoms with Gasteiger partial charge in [-0.25, -0.2) is 5.84 Å². The van der Waals surface area contributed by atoms with Crippen LogP contribution in [0.15, 0.2) is 11.4 Å². The van der Waals surface area contributed by atoms with E-state index in [4.69, 9.17) is 5.84 Å². The zero-order valence-electron chi connectivity index (χ0n) is 8.08. The number of nitrogens with one attached hydrogen (secondary N) is 1. The highest BCUT2D eigenvalue weighted by atomic mass is 32.2. The fourth-order valence-electron chi connectivity index (χ4n) is 1.04. The third-order valence-corrected chi connectivity index (χ3v) is 3.86. The van der Waals surface area contributed by atoms with Crippen molar-refractivity contribution in [1.29, 1.82) is 0 Å². The summed E-state index contributed by atoms with van der Waals surface area (Å²) in [5, 5.41) is 1.92. The molecule has 0 aliphatic rings. The van der Waals surface area contributed by atoms with E-state index in [1.54, 1.807) is 0 Å². The van der Waals surface area contributed by atoms with Gasteiger partial charge in [-0.1, -0.05) is 6.92 Å². The molecule has 0 saturated heterocycles. The molecule has 0 unspecified atom stereocenters. The van der Waals surface area contributed by atoms with Gasteiger partial charge >= 0.3 is 0 Å². The Labute approximate surface area is 92.0 Å². The molecule has 0 atom stereocenters. The normalized spacial score (nSPS) is 10.1. The molecule has 0 aliphatic carbocycles. The van der Waals surface area contributed by atoms with E-state index in [0.29, 0.717) is 0 Å². The minimum atomic E-state index is -0.188. The third kappa shape index (κ3) is 3.01. The molecule has 0 radical (unpaired) electrons. The summed E-state index contributed by atoms with van der Waals surface area (Å²) < 4.78 is 0. The number of hydrogen-bond donors (Lipinski definition) is 2. The summed E-state index contributed by atoms with van der Waals surface area (Å²) in [5.74, 6) is 6.91. The molecule has 1 aromatic rings. The van der Waals surface area contributed by atoms with Crippen molar-refractivity contribution in [3.8, 4) is 0 Å². The summed E-state index contributed by atoms with van der Waals surface area (Å²) in [5.41, 5.74) is 3.24. The third-order valence-electron chi connectivity index (χ3n) is 1.69. The second-order valence-corrected chi connectivity index (χ2v) is 4.82. The first-order chi connectivity index (χ1) is 6.79. The number of rotatable bonds is 5. The molecule has 3 nitrogen and oxygen atoms in total. The zero-order valence-corrected chi connectivity index (χ0v) is 9.71. The number of carbonyl (C=O) groups is 1. The Morgan fingerprint density at radius 1 is 1.71 bits per heavy atom. The molecule has 14 heavy (non-hydrogen) atoms. The van der Waals surface area contributed by atoms with Crippen LogP contribution in [0.4, 0.5) is 0 Å². The molecular formula is C9H14N2OS2. The predicted octanol–water partition coefficient (Wildman–Crippen LogP) is 1.99. The maximum absolute atomic E-state index is 11.3. The van der Waals surface area contributed by atoms with Crippen molar-refractivity contribution in [2.24, 2.45) is 5.84 Å². The first-order valence-electron chi connectivity index (χ1n) is 4.44. The Hall–Kier alpha value is -0.520. The number of thioether (sulfide) groups is 1. The lowest BCUT2D eigenvalue weighted by atomic mass is 10.3. The van der Waals surface area contributed by atoms with Gasteiger partial charge in [0, 0.05) is 5.75 Å². The van der Waals surface area contributed by atoms with Gasteiger partial charge in [-0.15, -0.1) is 11.3 Å². The van der Waals surface area contributed by atoms with Crippen LogP contribution in [0.2, 0.25) is 0 Å². The van der Waals surface area contributed by atoms with Crippen molar-refractivity contribution in [2.45, 2.75) is 19.1 Å². The van der Waals surface area contributed by atoms with Crippen molar-refractivity contribution in [3.05, 3.63) is 21.9 Å². The summed E-state index contributed by atoms with van der Waals surface area (Å²) in [4.78, 5) is 12.0. The average molecular weight is 230 g/mol. The Balaban J connectivity index is 2.58. The maximum Gasteiger partial charge on any atom is 0.275 e. The van der Waals surface area contributed by atoms with Crippen LogP contribution >= 0.6 is 23.1 Å². The molecule has 0 fully saturated rings. The average Bonchev–Trinajstić information content (AvgIpc) is 2.65. The van der Waals surface area contributed by atoms with Gasteiger partial charge < -0.3 is 0 Å². The first kappa shape index (κ1) is 11.6. The Kier molecular flexibility index (Phi) is 5.00. The molecule has 0 aliphatic heterocycles. The van der Waals surface area contributed by atoms with Crippen molar-refractivity contribution in [1.82, 2.24) is 5.43 Å². The van der Waals surface area contributed by atoms with Crippen LogP contribution in [-0.4, -0.2) is 11.7 Å². The number of nitrogen functional groups attached to an aromatic ring is 1. The van der Waals surface area contributed by atoms with E-state index in [2.05, 4.69) is 12.3 Å². The van der Waals surface area contributed by atoms with Crippen molar-refractivity contribution < 1.29 is 4.79 Å². The van der Waals surface area contributed by atoms with Crippen LogP contribution in [-0.2, 0) is 5.75 Å². The Bertz CT molecular complexity index is 299. The molecule has 3 N–H and O–H groups in total. The fraction of sp³-hybridized carbons (Fsp3) is 0.444. The first-order valence-corrected chi connectivity index (χ1v) is 6.48. The molecule has 1 rings (SSSR count). The summed E-state index contributed by atoms with van der Waals surface area (Å²) in [6.45, 7) is 2.15. The minimum absolute atomic E-state index is 0.188. The van der Waals surface area contributed by atoms with E-state index < -0.39 is 0 Å². The summed E-state index contributed by atoms with van der Waals surface area (Å²) in [6, 6.07) is 1.98. The van der Waals surface area contributed by atoms with Crippen LogP contribution in [0.5, 0.6) is 0 Å². The van der Waals surface area contributed by atoms with Crippen LogP contribution in [0.3, 0.4) is 0 Å². The number of carbonyl (C=O) groups excluding carboxylic acids is 1. The molecule has 0 spiro atoms. The topological polar surface area (TPSA) is 55.1 Å². The van der Waals surface area contributed by atoms with Crippen molar-refractivity contribution >= 4 is 29.0 Å². The van der Waals surface area contributed by atoms with Crippen LogP contribution < -0.4 is 11.3 Å². The van der Waals surface area contributed by atoms with Gasteiger partial charge in [0.05, 0.1) is 4.88 Å². The van der Waals surface area contributed by atoms with Gasteiger partial charge in [0.1, 0.15) is 0 Å². The molecule has 1 amide bonds. The number of thiophene rings is 1. The predicted molar refractivity (Wildman–Crippen MR) is 62.4 cm³/mol. The van der Waals surface area contributed by atoms with Crippen LogP contribution in [0.1, 0.15) is 28.6 Å². The standard InChI is InChI=1S/C9H14N2OS2/c1-2-4-13-6-7-3-5-14-8(7)9(12)11-10/h3,5H,2,4,6,10H2,1H3,(H,11,12). The molecule has 5 heteroatoms. The highest BCUT2D eigenvalue weighted by Gasteiger charge is 2.11. The number of amides is 1. The molecule has 1 aromatic heterocycles. The lowest BCUT2D eigenvalue weighted by Crippen LogP contribution is -2.29. The van der Waals surface area contributed by atoms with Crippen LogP contribution in [0.25, 0.3) is 0 Å². The second-order valence-electron chi connectivity index (χ2n) is 2.80. The zero-order chi connectivity index (χ0) is 10.4. The monoisotopic (exact) mass is 230 g/mol. The van der Waals surface area contributed by atoms with E-state index in [1.165, 1.54) is 11.3 Å². The molecule has 0 aromatic carbocycles. The van der Waals surface area contributed by atoms with Crippen molar-refractivity contribution in [2.75, 3.05) is 5.75 Å². The van der Waals surface area contributed by atoms with E-state index in [0.717, 1.165) is 28.4 Å². The second kappa shape index (κ2) is 6.06. The highest BCUT2D eigenvalue weighted by Crippen LogP contribution is 2.21. The SMILES string of the molecule is CCCSCc1ccsc1C(=O)NN. The fourth-order valence-corrected chi connectivity index (χ4v) is 2.85. The van der Waals surface area contributed by atoms with Gasteiger partial charge in [0.2, 0.25) is 0 Å². The molecule has 0 saturated carbocycles. The van der Waals surface area contributed by atoms with Gasteiger partial charge in [-0.3, -0.25) is 10.2 Å². The highest BCUT2D eigenvalue weighted by molar-refractivity contribution is 7.98. The van der Waals surface area contributed by atoms with Gasteiger partial charge in [-0.05, 0) is 29.2 Å². The lowest BCUT2D eigenvalue weighted by Gasteiger charge is -2.01. The number of nitrogens with two attached hydrogens (primary N) is 1. The molecule has 78 valence electrons. The van der Waals surface area contributed by atoms with Crippen LogP contribution in [0, 0.1) is 0 Å². The molecule has 1 heterocycles. The van der Waals surface area contributed by atoms with E-state index in [1.807, 2.05) is 23.2 Å². The van der Waals surface area contributed by atoms with E-state index >= 15 is 0 Å². The molecular weight excluding hydrogens is 216 g/mol. The Morgan fingerprint density at radius 3 is 3.14 bits per heavy atom. The van der Waals surface area contributed by atoms with Gasteiger partial charge in [-0.2, -0.15) is 11.8 Å². The van der Waals surface area contributed by atoms with E-state index in [-0.39, 0.29) is 5.91 Å². The lowest BCUT2D eigenvalue weighted by molar-refractivity contribution is 0.0957. The summed E-state index contributed by atoms with van der Waals surface area (Å²) in [6.07, 6.45) is 1.16. The smallest absolute Gasteiger partial charge is 0.275 e. The van der Waals surface area contributed by atoms with E-state index in [9.17, 15) is 4.79 Å².